The number of hydrogen-bond donors (Lipinski definition) is 0. The van der Waals surface area contributed by atoms with Crippen molar-refractivity contribution in [1.82, 2.24) is 0 Å². The Morgan fingerprint density at radius 3 is 1.45 bits per heavy atom. The highest BCUT2D eigenvalue weighted by molar-refractivity contribution is 5.66. The van der Waals surface area contributed by atoms with Gasteiger partial charge in [-0.25, -0.2) is 13.2 Å². The van der Waals surface area contributed by atoms with Crippen LogP contribution in [-0.4, -0.2) is 38.8 Å². The van der Waals surface area contributed by atoms with E-state index in [9.17, 15) is 17.6 Å². The molecule has 58 heavy (non-hydrogen) atoms. The van der Waals surface area contributed by atoms with Crippen LogP contribution in [0.25, 0.3) is 22.3 Å². The summed E-state index contributed by atoms with van der Waals surface area (Å²) in [6.45, 7) is 8.54. The molecule has 0 saturated carbocycles. The summed E-state index contributed by atoms with van der Waals surface area (Å²) in [6, 6.07) is 20.4. The molecule has 1 aliphatic rings. The minimum absolute atomic E-state index is 0.0810. The average Bonchev–Trinajstić information content (AvgIpc) is 3.24. The molecule has 0 spiro atoms. The quantitative estimate of drug-likeness (QED) is 0.0493. The van der Waals surface area contributed by atoms with Gasteiger partial charge >= 0.3 is 0 Å². The van der Waals surface area contributed by atoms with Gasteiger partial charge in [-0.3, -0.25) is 0 Å². The average molecular weight is 807 g/mol. The van der Waals surface area contributed by atoms with Crippen LogP contribution in [0, 0.1) is 36.1 Å². The Balaban J connectivity index is 0.907. The molecule has 0 aliphatic carbocycles. The summed E-state index contributed by atoms with van der Waals surface area (Å²) in [6.07, 6.45) is 16.1. The molecule has 1 saturated heterocycles. The van der Waals surface area contributed by atoms with Gasteiger partial charge in [0.25, 0.3) is 0 Å². The number of benzene rings is 4. The summed E-state index contributed by atoms with van der Waals surface area (Å²) < 4.78 is 87.1. The van der Waals surface area contributed by atoms with Crippen LogP contribution >= 0.6 is 0 Å². The molecule has 4 aromatic carbocycles. The number of rotatable bonds is 25. The second kappa shape index (κ2) is 23.5. The van der Waals surface area contributed by atoms with E-state index in [0.29, 0.717) is 41.6 Å². The van der Waals surface area contributed by atoms with Crippen LogP contribution in [0.2, 0.25) is 0 Å². The lowest BCUT2D eigenvalue weighted by molar-refractivity contribution is -0.290. The molecule has 1 heterocycles. The molecule has 1 aliphatic heterocycles. The molecule has 9 heteroatoms. The molecule has 0 radical (unpaired) electrons. The SMILES string of the molecule is CCOc1ccc(-c2ccc(OCCCCCCCCC3(CCCCCCCCOc4ccc(-c5ccc(C)c(F)c5F)cc4)OCC(CC)CO3)cc2)c(F)c1F. The lowest BCUT2D eigenvalue weighted by Crippen LogP contribution is -2.44. The van der Waals surface area contributed by atoms with E-state index in [1.54, 1.807) is 62.4 Å². The summed E-state index contributed by atoms with van der Waals surface area (Å²) in [5.41, 5.74) is 1.95. The predicted molar refractivity (Wildman–Crippen MR) is 224 cm³/mol. The topological polar surface area (TPSA) is 46.2 Å². The van der Waals surface area contributed by atoms with Gasteiger partial charge in [-0.2, -0.15) is 4.39 Å². The molecule has 0 bridgehead atoms. The first-order chi connectivity index (χ1) is 28.2. The maximum atomic E-state index is 14.6. The highest BCUT2D eigenvalue weighted by Crippen LogP contribution is 2.35. The van der Waals surface area contributed by atoms with Gasteiger partial charge in [0.05, 0.1) is 33.0 Å². The molecular weight excluding hydrogens is 745 g/mol. The smallest absolute Gasteiger partial charge is 0.201 e. The van der Waals surface area contributed by atoms with Gasteiger partial charge in [0.15, 0.2) is 29.0 Å². The highest BCUT2D eigenvalue weighted by atomic mass is 19.2. The third-order valence-electron chi connectivity index (χ3n) is 11.1. The van der Waals surface area contributed by atoms with Crippen molar-refractivity contribution < 1.29 is 41.2 Å². The van der Waals surface area contributed by atoms with Crippen molar-refractivity contribution in [3.8, 4) is 39.5 Å². The highest BCUT2D eigenvalue weighted by Gasteiger charge is 2.36. The fourth-order valence-corrected chi connectivity index (χ4v) is 7.42. The lowest BCUT2D eigenvalue weighted by Gasteiger charge is -2.40. The van der Waals surface area contributed by atoms with Gasteiger partial charge in [0.2, 0.25) is 5.82 Å². The van der Waals surface area contributed by atoms with Gasteiger partial charge in [-0.05, 0) is 99.0 Å². The van der Waals surface area contributed by atoms with Crippen molar-refractivity contribution in [2.24, 2.45) is 5.92 Å². The summed E-state index contributed by atoms with van der Waals surface area (Å²) in [5, 5.41) is 0. The molecule has 316 valence electrons. The largest absolute Gasteiger partial charge is 0.494 e. The zero-order valence-electron chi connectivity index (χ0n) is 34.7. The summed E-state index contributed by atoms with van der Waals surface area (Å²) >= 11 is 0. The summed E-state index contributed by atoms with van der Waals surface area (Å²) in [5.74, 6) is -2.13. The van der Waals surface area contributed by atoms with Crippen LogP contribution in [0.5, 0.6) is 17.2 Å². The molecule has 0 N–H and O–H groups in total. The normalized spacial score (nSPS) is 16.7. The minimum Gasteiger partial charge on any atom is -0.494 e. The van der Waals surface area contributed by atoms with E-state index in [1.807, 2.05) is 12.1 Å². The Bertz CT molecular complexity index is 1810. The second-order valence-corrected chi connectivity index (χ2v) is 15.5. The summed E-state index contributed by atoms with van der Waals surface area (Å²) in [4.78, 5) is 0. The Morgan fingerprint density at radius 2 is 0.966 bits per heavy atom. The van der Waals surface area contributed by atoms with Crippen molar-refractivity contribution in [2.45, 2.75) is 123 Å². The molecule has 5 nitrogen and oxygen atoms in total. The fourth-order valence-electron chi connectivity index (χ4n) is 7.42. The van der Waals surface area contributed by atoms with Gasteiger partial charge in [-0.1, -0.05) is 94.7 Å². The van der Waals surface area contributed by atoms with Gasteiger partial charge < -0.3 is 23.7 Å². The number of ether oxygens (including phenoxy) is 5. The van der Waals surface area contributed by atoms with Crippen LogP contribution in [0.1, 0.15) is 116 Å². The van der Waals surface area contributed by atoms with Crippen molar-refractivity contribution in [3.63, 3.8) is 0 Å². The van der Waals surface area contributed by atoms with Gasteiger partial charge in [0.1, 0.15) is 11.5 Å². The number of hydrogen-bond acceptors (Lipinski definition) is 5. The molecule has 1 fully saturated rings. The van der Waals surface area contributed by atoms with E-state index >= 15 is 0 Å². The lowest BCUT2D eigenvalue weighted by atomic mass is 9.97. The molecule has 0 amide bonds. The van der Waals surface area contributed by atoms with Crippen LogP contribution < -0.4 is 14.2 Å². The van der Waals surface area contributed by atoms with E-state index in [1.165, 1.54) is 18.6 Å². The molecule has 5 rings (SSSR count). The Kier molecular flexibility index (Phi) is 18.2. The van der Waals surface area contributed by atoms with Crippen LogP contribution in [0.4, 0.5) is 17.6 Å². The Labute approximate surface area is 343 Å². The first kappa shape index (κ1) is 45.0. The molecule has 0 aromatic heterocycles. The third kappa shape index (κ3) is 13.2. The first-order valence-electron chi connectivity index (χ1n) is 21.5. The molecule has 0 unspecified atom stereocenters. The molecule has 0 atom stereocenters. The van der Waals surface area contributed by atoms with E-state index in [4.69, 9.17) is 23.7 Å². The van der Waals surface area contributed by atoms with E-state index in [2.05, 4.69) is 6.92 Å². The van der Waals surface area contributed by atoms with Gasteiger partial charge in [-0.15, -0.1) is 0 Å². The maximum absolute atomic E-state index is 14.6. The second-order valence-electron chi connectivity index (χ2n) is 15.5. The van der Waals surface area contributed by atoms with Crippen molar-refractivity contribution in [3.05, 3.63) is 102 Å². The van der Waals surface area contributed by atoms with Gasteiger partial charge in [0, 0.05) is 29.9 Å². The fraction of sp³-hybridized carbons (Fsp3) is 0.510. The van der Waals surface area contributed by atoms with E-state index in [0.717, 1.165) is 109 Å². The zero-order chi connectivity index (χ0) is 41.2. The number of halogens is 4. The number of aryl methyl sites for hydroxylation is 1. The van der Waals surface area contributed by atoms with Crippen molar-refractivity contribution in [2.75, 3.05) is 33.0 Å². The zero-order valence-corrected chi connectivity index (χ0v) is 34.7. The minimum atomic E-state index is -0.971. The summed E-state index contributed by atoms with van der Waals surface area (Å²) in [7, 11) is 0. The first-order valence-corrected chi connectivity index (χ1v) is 21.5. The monoisotopic (exact) mass is 806 g/mol. The van der Waals surface area contributed by atoms with Crippen molar-refractivity contribution >= 4 is 0 Å². The standard InChI is InChI=1S/C49H62F4O5/c1-4-37-34-57-49(58-35-37,30-14-10-6-8-12-16-32-55-40-23-19-38(20-24-40)42-27-18-36(3)45(50)46(42)51)31-15-11-7-9-13-17-33-56-41-25-21-39(22-26-41)43-28-29-44(54-5-2)48(53)47(43)52/h18-29,37H,4-17,30-35H2,1-3H3. The van der Waals surface area contributed by atoms with Crippen LogP contribution in [-0.2, 0) is 9.47 Å². The van der Waals surface area contributed by atoms with Crippen LogP contribution in [0.3, 0.4) is 0 Å². The predicted octanol–water partition coefficient (Wildman–Crippen LogP) is 14.0. The number of unbranched alkanes of at least 4 members (excludes halogenated alkanes) is 10. The Hall–Kier alpha value is -4.08. The third-order valence-corrected chi connectivity index (χ3v) is 11.1. The van der Waals surface area contributed by atoms with E-state index < -0.39 is 29.1 Å². The molecular formula is C49H62F4O5. The van der Waals surface area contributed by atoms with E-state index in [-0.39, 0.29) is 23.5 Å². The maximum Gasteiger partial charge on any atom is 0.201 e. The van der Waals surface area contributed by atoms with Crippen molar-refractivity contribution in [1.29, 1.82) is 0 Å². The molecule has 4 aromatic rings. The Morgan fingerprint density at radius 1 is 0.517 bits per heavy atom. The van der Waals surface area contributed by atoms with Crippen LogP contribution in [0.15, 0.2) is 72.8 Å².